The van der Waals surface area contributed by atoms with Crippen molar-refractivity contribution in [2.45, 2.75) is 65.5 Å². The molecule has 1 atom stereocenters. The van der Waals surface area contributed by atoms with Crippen LogP contribution in [0.25, 0.3) is 0 Å². The van der Waals surface area contributed by atoms with E-state index >= 15 is 0 Å². The van der Waals surface area contributed by atoms with Gasteiger partial charge < -0.3 is 24.8 Å². The molecule has 0 saturated heterocycles. The van der Waals surface area contributed by atoms with Crippen molar-refractivity contribution in [3.8, 4) is 5.75 Å². The molecule has 1 aromatic rings. The number of aliphatic carboxylic acids is 1. The van der Waals surface area contributed by atoms with E-state index in [1.807, 2.05) is 49.9 Å². The lowest BCUT2D eigenvalue weighted by molar-refractivity contribution is -0.149. The maximum Gasteiger partial charge on any atom is 0.333 e. The maximum atomic E-state index is 12.5. The van der Waals surface area contributed by atoms with Crippen molar-refractivity contribution in [3.63, 3.8) is 0 Å². The zero-order valence-corrected chi connectivity index (χ0v) is 20.8. The molecule has 2 N–H and O–H groups in total. The molecule has 32 heavy (non-hydrogen) atoms. The third kappa shape index (κ3) is 12.2. The smallest absolute Gasteiger partial charge is 0.333 e. The number of thioether (sulfide) groups is 1. The highest BCUT2D eigenvalue weighted by Crippen LogP contribution is 2.15. The van der Waals surface area contributed by atoms with Gasteiger partial charge in [0.2, 0.25) is 0 Å². The van der Waals surface area contributed by atoms with Crippen LogP contribution in [0.3, 0.4) is 0 Å². The summed E-state index contributed by atoms with van der Waals surface area (Å²) in [5.41, 5.74) is 0.872. The van der Waals surface area contributed by atoms with E-state index in [2.05, 4.69) is 12.2 Å². The highest BCUT2D eigenvalue weighted by molar-refractivity contribution is 7.99. The molecule has 0 aliphatic heterocycles. The molecule has 0 aliphatic rings. The topological polar surface area (TPSA) is 88.1 Å². The van der Waals surface area contributed by atoms with Crippen LogP contribution in [-0.2, 0) is 16.0 Å². The molecule has 182 valence electrons. The first-order valence-corrected chi connectivity index (χ1v) is 12.7. The van der Waals surface area contributed by atoms with Crippen molar-refractivity contribution >= 4 is 23.8 Å². The number of carboxylic acid groups (broad SMARTS) is 1. The van der Waals surface area contributed by atoms with Gasteiger partial charge in [0.15, 0.2) is 6.10 Å². The number of nitrogens with zero attached hydrogens (tertiary/aromatic N) is 1. The molecule has 0 spiro atoms. The summed E-state index contributed by atoms with van der Waals surface area (Å²) in [7, 11) is 0. The second kappa shape index (κ2) is 16.7. The van der Waals surface area contributed by atoms with Gasteiger partial charge in [0.1, 0.15) is 12.4 Å². The van der Waals surface area contributed by atoms with E-state index in [1.165, 1.54) is 19.3 Å². The van der Waals surface area contributed by atoms with Crippen molar-refractivity contribution in [2.24, 2.45) is 0 Å². The van der Waals surface area contributed by atoms with E-state index in [0.717, 1.165) is 17.1 Å². The van der Waals surface area contributed by atoms with Crippen LogP contribution in [0.15, 0.2) is 24.3 Å². The summed E-state index contributed by atoms with van der Waals surface area (Å²) < 4.78 is 11.1. The average molecular weight is 469 g/mol. The number of unbranched alkanes of at least 4 members (excludes halogenated alkanes) is 2. The molecule has 7 nitrogen and oxygen atoms in total. The van der Waals surface area contributed by atoms with Gasteiger partial charge >= 0.3 is 12.0 Å². The number of benzene rings is 1. The maximum absolute atomic E-state index is 12.5. The van der Waals surface area contributed by atoms with Crippen molar-refractivity contribution in [3.05, 3.63) is 29.8 Å². The number of carbonyl (C=O) groups is 2. The Labute approximate surface area is 197 Å². The van der Waals surface area contributed by atoms with Gasteiger partial charge in [-0.2, -0.15) is 11.8 Å². The fourth-order valence-corrected chi connectivity index (χ4v) is 3.97. The summed E-state index contributed by atoms with van der Waals surface area (Å²) in [6, 6.07) is 7.36. The predicted molar refractivity (Wildman–Crippen MR) is 131 cm³/mol. The largest absolute Gasteiger partial charge is 0.492 e. The van der Waals surface area contributed by atoms with E-state index in [0.29, 0.717) is 38.5 Å². The Morgan fingerprint density at radius 3 is 2.41 bits per heavy atom. The van der Waals surface area contributed by atoms with Crippen LogP contribution in [-0.4, -0.2) is 72.0 Å². The second-order valence-electron chi connectivity index (χ2n) is 7.89. The minimum atomic E-state index is -0.963. The summed E-state index contributed by atoms with van der Waals surface area (Å²) in [5.74, 6) is 1.77. The molecular weight excluding hydrogens is 428 g/mol. The highest BCUT2D eigenvalue weighted by Gasteiger charge is 2.18. The van der Waals surface area contributed by atoms with E-state index in [4.69, 9.17) is 9.47 Å². The zero-order chi connectivity index (χ0) is 23.8. The third-order valence-corrected chi connectivity index (χ3v) is 5.76. The molecule has 1 aromatic carbocycles. The number of nitrogens with one attached hydrogen (secondary N) is 1. The Kier molecular flexibility index (Phi) is 14.6. The number of ether oxygens (including phenoxy) is 2. The first kappa shape index (κ1) is 28.1. The molecule has 0 heterocycles. The summed E-state index contributed by atoms with van der Waals surface area (Å²) in [4.78, 5) is 25.6. The molecule has 0 aliphatic carbocycles. The molecule has 2 amide bonds. The van der Waals surface area contributed by atoms with Crippen LogP contribution in [0.2, 0.25) is 0 Å². The zero-order valence-electron chi connectivity index (χ0n) is 20.0. The van der Waals surface area contributed by atoms with Crippen LogP contribution in [0.1, 0.15) is 52.5 Å². The Balaban J connectivity index is 2.51. The Morgan fingerprint density at radius 1 is 1.09 bits per heavy atom. The summed E-state index contributed by atoms with van der Waals surface area (Å²) in [5, 5.41) is 12.2. The lowest BCUT2D eigenvalue weighted by Gasteiger charge is -2.24. The number of rotatable bonds is 17. The number of hydrogen-bond acceptors (Lipinski definition) is 5. The van der Waals surface area contributed by atoms with Gasteiger partial charge in [-0.05, 0) is 50.6 Å². The van der Waals surface area contributed by atoms with E-state index in [-0.39, 0.29) is 12.1 Å². The number of urea groups is 1. The first-order valence-electron chi connectivity index (χ1n) is 11.6. The molecule has 0 saturated carbocycles. The van der Waals surface area contributed by atoms with Gasteiger partial charge in [-0.3, -0.25) is 0 Å². The normalized spacial score (nSPS) is 11.9. The average Bonchev–Trinajstić information content (AvgIpc) is 2.75. The fourth-order valence-electron chi connectivity index (χ4n) is 3.01. The van der Waals surface area contributed by atoms with Gasteiger partial charge in [0.05, 0.1) is 6.54 Å². The highest BCUT2D eigenvalue weighted by atomic mass is 32.2. The number of hydrogen-bond donors (Lipinski definition) is 2. The number of carbonyl (C=O) groups excluding carboxylic acids is 1. The van der Waals surface area contributed by atoms with E-state index < -0.39 is 12.1 Å². The van der Waals surface area contributed by atoms with Crippen LogP contribution in [0, 0.1) is 0 Å². The van der Waals surface area contributed by atoms with Gasteiger partial charge in [-0.1, -0.05) is 31.9 Å². The Hall–Kier alpha value is -1.93. The van der Waals surface area contributed by atoms with E-state index in [9.17, 15) is 14.7 Å². The lowest BCUT2D eigenvalue weighted by atomic mass is 10.1. The van der Waals surface area contributed by atoms with Crippen molar-refractivity contribution < 1.29 is 24.2 Å². The van der Waals surface area contributed by atoms with E-state index in [1.54, 1.807) is 11.8 Å². The molecular formula is C24H40N2O5S. The van der Waals surface area contributed by atoms with Crippen molar-refractivity contribution in [1.29, 1.82) is 0 Å². The van der Waals surface area contributed by atoms with Gasteiger partial charge in [0.25, 0.3) is 0 Å². The molecule has 1 rings (SSSR count). The molecule has 8 heteroatoms. The lowest BCUT2D eigenvalue weighted by Crippen LogP contribution is -2.45. The SMILES string of the molecule is CCCCCSCCN(CCOc1ccc(CC(OCC)C(=O)O)cc1)C(=O)NC(C)C. The monoisotopic (exact) mass is 468 g/mol. The fraction of sp³-hybridized carbons (Fsp3) is 0.667. The summed E-state index contributed by atoms with van der Waals surface area (Å²) in [6.07, 6.45) is 3.15. The number of carboxylic acids is 1. The summed E-state index contributed by atoms with van der Waals surface area (Å²) >= 11 is 1.88. The molecule has 1 unspecified atom stereocenters. The standard InChI is InChI=1S/C24H40N2O5S/c1-5-7-8-16-32-17-14-26(24(29)25-19(3)4)13-15-31-21-11-9-20(10-12-21)18-22(23(27)28)30-6-2/h9-12,19,22H,5-8,13-18H2,1-4H3,(H,25,29)(H,27,28). The van der Waals surface area contributed by atoms with Crippen molar-refractivity contribution in [2.75, 3.05) is 37.8 Å². The van der Waals surface area contributed by atoms with Crippen LogP contribution < -0.4 is 10.1 Å². The molecule has 0 bridgehead atoms. The first-order chi connectivity index (χ1) is 15.4. The van der Waals surface area contributed by atoms with Crippen LogP contribution >= 0.6 is 11.8 Å². The van der Waals surface area contributed by atoms with Crippen LogP contribution in [0.5, 0.6) is 5.75 Å². The van der Waals surface area contributed by atoms with Crippen LogP contribution in [0.4, 0.5) is 4.79 Å². The third-order valence-electron chi connectivity index (χ3n) is 4.71. The minimum Gasteiger partial charge on any atom is -0.492 e. The Bertz CT molecular complexity index is 654. The van der Waals surface area contributed by atoms with Gasteiger partial charge in [0, 0.05) is 31.4 Å². The number of amides is 2. The minimum absolute atomic E-state index is 0.0660. The molecule has 0 fully saturated rings. The second-order valence-corrected chi connectivity index (χ2v) is 9.11. The Morgan fingerprint density at radius 2 is 1.81 bits per heavy atom. The summed E-state index contributed by atoms with van der Waals surface area (Å²) in [6.45, 7) is 9.82. The predicted octanol–water partition coefficient (Wildman–Crippen LogP) is 4.44. The van der Waals surface area contributed by atoms with Gasteiger partial charge in [-0.15, -0.1) is 0 Å². The molecule has 0 aromatic heterocycles. The van der Waals surface area contributed by atoms with Crippen molar-refractivity contribution in [1.82, 2.24) is 10.2 Å². The molecule has 0 radical (unpaired) electrons. The van der Waals surface area contributed by atoms with Gasteiger partial charge in [-0.25, -0.2) is 9.59 Å². The quantitative estimate of drug-likeness (QED) is 0.329.